The smallest absolute Gasteiger partial charge is 0.272 e. The van der Waals surface area contributed by atoms with Gasteiger partial charge in [-0.05, 0) is 37.5 Å². The SMILES string of the molecule is Cc1cccc(CN2CC[C@]3(CCN(C(=O)c4ccccn4)C3)C2=O)c1. The fourth-order valence-electron chi connectivity index (χ4n) is 4.15. The van der Waals surface area contributed by atoms with Crippen LogP contribution >= 0.6 is 0 Å². The van der Waals surface area contributed by atoms with Crippen LogP contribution in [0.25, 0.3) is 0 Å². The molecule has 2 saturated heterocycles. The zero-order chi connectivity index (χ0) is 18.1. The largest absolute Gasteiger partial charge is 0.338 e. The number of benzene rings is 1. The molecule has 0 saturated carbocycles. The van der Waals surface area contributed by atoms with E-state index in [2.05, 4.69) is 30.1 Å². The lowest BCUT2D eigenvalue weighted by Gasteiger charge is -2.23. The highest BCUT2D eigenvalue weighted by Gasteiger charge is 2.51. The standard InChI is InChI=1S/C21H23N3O2/c1-16-5-4-6-17(13-16)14-23-11-8-21(20(23)26)9-12-24(15-21)19(25)18-7-2-3-10-22-18/h2-7,10,13H,8-9,11-12,14-15H2,1H3/t21-/m1/s1. The Morgan fingerprint density at radius 2 is 2.00 bits per heavy atom. The summed E-state index contributed by atoms with van der Waals surface area (Å²) in [5, 5.41) is 0. The van der Waals surface area contributed by atoms with E-state index in [9.17, 15) is 9.59 Å². The number of nitrogens with zero attached hydrogens (tertiary/aromatic N) is 3. The Morgan fingerprint density at radius 1 is 1.15 bits per heavy atom. The van der Waals surface area contributed by atoms with Crippen LogP contribution < -0.4 is 0 Å². The minimum Gasteiger partial charge on any atom is -0.338 e. The second-order valence-corrected chi connectivity index (χ2v) is 7.44. The average molecular weight is 349 g/mol. The maximum absolute atomic E-state index is 13.1. The highest BCUT2D eigenvalue weighted by atomic mass is 16.2. The molecule has 26 heavy (non-hydrogen) atoms. The van der Waals surface area contributed by atoms with Gasteiger partial charge in [-0.25, -0.2) is 0 Å². The first kappa shape index (κ1) is 16.8. The maximum Gasteiger partial charge on any atom is 0.272 e. The molecular formula is C21H23N3O2. The summed E-state index contributed by atoms with van der Waals surface area (Å²) >= 11 is 0. The summed E-state index contributed by atoms with van der Waals surface area (Å²) < 4.78 is 0. The van der Waals surface area contributed by atoms with Gasteiger partial charge in [-0.1, -0.05) is 35.9 Å². The van der Waals surface area contributed by atoms with Crippen molar-refractivity contribution in [3.05, 3.63) is 65.5 Å². The molecule has 2 aliphatic heterocycles. The Kier molecular flexibility index (Phi) is 4.23. The van der Waals surface area contributed by atoms with Gasteiger partial charge in [0.05, 0.1) is 5.41 Å². The number of aromatic nitrogens is 1. The molecule has 0 radical (unpaired) electrons. The lowest BCUT2D eigenvalue weighted by Crippen LogP contribution is -2.38. The number of pyridine rings is 1. The fourth-order valence-corrected chi connectivity index (χ4v) is 4.15. The molecule has 3 heterocycles. The van der Waals surface area contributed by atoms with Crippen molar-refractivity contribution in [2.75, 3.05) is 19.6 Å². The summed E-state index contributed by atoms with van der Waals surface area (Å²) in [5.74, 6) is 0.114. The van der Waals surface area contributed by atoms with Gasteiger partial charge in [-0.2, -0.15) is 0 Å². The third kappa shape index (κ3) is 2.98. The highest BCUT2D eigenvalue weighted by molar-refractivity contribution is 5.94. The Balaban J connectivity index is 1.45. The number of hydrogen-bond acceptors (Lipinski definition) is 3. The van der Waals surface area contributed by atoms with Crippen LogP contribution in [0.4, 0.5) is 0 Å². The van der Waals surface area contributed by atoms with Crippen LogP contribution in [-0.2, 0) is 11.3 Å². The molecule has 0 aliphatic carbocycles. The van der Waals surface area contributed by atoms with Gasteiger partial charge >= 0.3 is 0 Å². The van der Waals surface area contributed by atoms with Gasteiger partial charge < -0.3 is 9.80 Å². The molecule has 0 bridgehead atoms. The van der Waals surface area contributed by atoms with E-state index in [1.54, 1.807) is 23.2 Å². The van der Waals surface area contributed by atoms with Crippen molar-refractivity contribution in [1.29, 1.82) is 0 Å². The molecule has 5 heteroatoms. The van der Waals surface area contributed by atoms with E-state index in [-0.39, 0.29) is 11.8 Å². The average Bonchev–Trinajstić information content (AvgIpc) is 3.22. The van der Waals surface area contributed by atoms with Crippen LogP contribution in [0, 0.1) is 12.3 Å². The van der Waals surface area contributed by atoms with E-state index in [0.717, 1.165) is 24.9 Å². The first-order valence-electron chi connectivity index (χ1n) is 9.13. The molecule has 0 unspecified atom stereocenters. The number of hydrogen-bond donors (Lipinski definition) is 0. The van der Waals surface area contributed by atoms with Crippen LogP contribution in [0.1, 0.15) is 34.5 Å². The molecule has 2 aromatic rings. The third-order valence-electron chi connectivity index (χ3n) is 5.58. The summed E-state index contributed by atoms with van der Waals surface area (Å²) in [6.07, 6.45) is 3.20. The molecule has 1 spiro atoms. The van der Waals surface area contributed by atoms with Gasteiger partial charge in [0.15, 0.2) is 0 Å². The van der Waals surface area contributed by atoms with E-state index in [1.807, 2.05) is 17.0 Å². The van der Waals surface area contributed by atoms with E-state index >= 15 is 0 Å². The molecule has 2 aliphatic rings. The van der Waals surface area contributed by atoms with E-state index in [1.165, 1.54) is 5.56 Å². The lowest BCUT2D eigenvalue weighted by atomic mass is 9.85. The van der Waals surface area contributed by atoms with E-state index in [0.29, 0.717) is 25.3 Å². The van der Waals surface area contributed by atoms with Crippen LogP contribution in [0.15, 0.2) is 48.7 Å². The number of carbonyl (C=O) groups is 2. The number of carbonyl (C=O) groups excluding carboxylic acids is 2. The molecule has 2 amide bonds. The number of likely N-dealkylation sites (tertiary alicyclic amines) is 2. The lowest BCUT2D eigenvalue weighted by molar-refractivity contribution is -0.135. The summed E-state index contributed by atoms with van der Waals surface area (Å²) in [6.45, 7) is 4.61. The molecular weight excluding hydrogens is 326 g/mol. The Bertz CT molecular complexity index is 836. The molecule has 2 fully saturated rings. The maximum atomic E-state index is 13.1. The van der Waals surface area contributed by atoms with Gasteiger partial charge in [-0.3, -0.25) is 14.6 Å². The molecule has 4 rings (SSSR count). The van der Waals surface area contributed by atoms with Crippen molar-refractivity contribution < 1.29 is 9.59 Å². The Morgan fingerprint density at radius 3 is 2.77 bits per heavy atom. The quantitative estimate of drug-likeness (QED) is 0.856. The minimum absolute atomic E-state index is 0.0765. The first-order valence-corrected chi connectivity index (χ1v) is 9.13. The predicted octanol–water partition coefficient (Wildman–Crippen LogP) is 2.65. The van der Waals surface area contributed by atoms with Gasteiger partial charge in [0.25, 0.3) is 5.91 Å². The van der Waals surface area contributed by atoms with Crippen LogP contribution in [0.2, 0.25) is 0 Å². The second-order valence-electron chi connectivity index (χ2n) is 7.44. The van der Waals surface area contributed by atoms with Gasteiger partial charge in [-0.15, -0.1) is 0 Å². The summed E-state index contributed by atoms with van der Waals surface area (Å²) in [7, 11) is 0. The van der Waals surface area contributed by atoms with E-state index < -0.39 is 5.41 Å². The summed E-state index contributed by atoms with van der Waals surface area (Å²) in [4.78, 5) is 33.6. The second kappa shape index (κ2) is 6.56. The molecule has 134 valence electrons. The zero-order valence-electron chi connectivity index (χ0n) is 15.0. The minimum atomic E-state index is -0.408. The van der Waals surface area contributed by atoms with Gasteiger partial charge in [0, 0.05) is 32.4 Å². The highest BCUT2D eigenvalue weighted by Crippen LogP contribution is 2.41. The molecule has 1 atom stereocenters. The zero-order valence-corrected chi connectivity index (χ0v) is 15.0. The predicted molar refractivity (Wildman–Crippen MR) is 98.4 cm³/mol. The topological polar surface area (TPSA) is 53.5 Å². The van der Waals surface area contributed by atoms with Crippen molar-refractivity contribution in [3.8, 4) is 0 Å². The van der Waals surface area contributed by atoms with Gasteiger partial charge in [0.2, 0.25) is 5.91 Å². The van der Waals surface area contributed by atoms with Crippen molar-refractivity contribution in [2.24, 2.45) is 5.41 Å². The molecule has 1 aromatic carbocycles. The first-order chi connectivity index (χ1) is 12.6. The van der Waals surface area contributed by atoms with Crippen LogP contribution in [0.3, 0.4) is 0 Å². The third-order valence-corrected chi connectivity index (χ3v) is 5.58. The number of amides is 2. The normalized spacial score (nSPS) is 22.4. The van der Waals surface area contributed by atoms with E-state index in [4.69, 9.17) is 0 Å². The monoisotopic (exact) mass is 349 g/mol. The van der Waals surface area contributed by atoms with Crippen molar-refractivity contribution >= 4 is 11.8 Å². The van der Waals surface area contributed by atoms with Crippen molar-refractivity contribution in [2.45, 2.75) is 26.3 Å². The van der Waals surface area contributed by atoms with Crippen molar-refractivity contribution in [1.82, 2.24) is 14.8 Å². The number of rotatable bonds is 3. The molecule has 5 nitrogen and oxygen atoms in total. The molecule has 1 aromatic heterocycles. The Labute approximate surface area is 153 Å². The molecule has 0 N–H and O–H groups in total. The van der Waals surface area contributed by atoms with Crippen LogP contribution in [-0.4, -0.2) is 46.2 Å². The summed E-state index contributed by atoms with van der Waals surface area (Å²) in [5.41, 5.74) is 2.41. The van der Waals surface area contributed by atoms with Crippen molar-refractivity contribution in [3.63, 3.8) is 0 Å². The van der Waals surface area contributed by atoms with Crippen LogP contribution in [0.5, 0.6) is 0 Å². The summed E-state index contributed by atoms with van der Waals surface area (Å²) in [6, 6.07) is 13.6. The van der Waals surface area contributed by atoms with Gasteiger partial charge in [0.1, 0.15) is 5.69 Å². The Hall–Kier alpha value is -2.69. The number of aryl methyl sites for hydroxylation is 1. The fraction of sp³-hybridized carbons (Fsp3) is 0.381.